The van der Waals surface area contributed by atoms with Crippen molar-refractivity contribution in [3.63, 3.8) is 0 Å². The third-order valence-corrected chi connectivity index (χ3v) is 5.67. The van der Waals surface area contributed by atoms with Crippen molar-refractivity contribution < 1.29 is 9.53 Å². The molecule has 0 unspecified atom stereocenters. The predicted octanol–water partition coefficient (Wildman–Crippen LogP) is 3.27. The van der Waals surface area contributed by atoms with Gasteiger partial charge in [-0.3, -0.25) is 4.79 Å². The number of carbonyl (C=O) groups is 1. The summed E-state index contributed by atoms with van der Waals surface area (Å²) in [5, 5.41) is 9.42. The fourth-order valence-corrected chi connectivity index (χ4v) is 4.24. The number of aromatic nitrogens is 2. The number of allylic oxidation sites excluding steroid dienone is 2. The van der Waals surface area contributed by atoms with Crippen LogP contribution in [0.1, 0.15) is 58.1 Å². The Morgan fingerprint density at radius 1 is 1.36 bits per heavy atom. The summed E-state index contributed by atoms with van der Waals surface area (Å²) in [7, 11) is 1.63. The average molecular weight is 339 g/mol. The monoisotopic (exact) mass is 339 g/mol. The van der Waals surface area contributed by atoms with Crippen LogP contribution in [0, 0.1) is 23.2 Å². The summed E-state index contributed by atoms with van der Waals surface area (Å²) in [4.78, 5) is 22.0. The van der Waals surface area contributed by atoms with E-state index in [9.17, 15) is 10.1 Å². The zero-order valence-electron chi connectivity index (χ0n) is 15.8. The van der Waals surface area contributed by atoms with Crippen molar-refractivity contribution in [1.29, 1.82) is 5.26 Å². The Bertz CT molecular complexity index is 813. The number of nitrogens with zero attached hydrogens (tertiary/aromatic N) is 3. The number of carbonyl (C=O) groups excluding carboxylic acids is 1. The van der Waals surface area contributed by atoms with E-state index in [1.165, 1.54) is 0 Å². The fraction of sp³-hybridized carbons (Fsp3) is 0.600. The minimum absolute atomic E-state index is 0.0505. The molecule has 1 heterocycles. The molecule has 25 heavy (non-hydrogen) atoms. The molecule has 0 N–H and O–H groups in total. The van der Waals surface area contributed by atoms with Gasteiger partial charge in [0.1, 0.15) is 11.9 Å². The molecule has 132 valence electrons. The van der Waals surface area contributed by atoms with Crippen LogP contribution >= 0.6 is 0 Å². The van der Waals surface area contributed by atoms with E-state index >= 15 is 0 Å². The van der Waals surface area contributed by atoms with Gasteiger partial charge in [-0.25, -0.2) is 4.98 Å². The van der Waals surface area contributed by atoms with E-state index in [-0.39, 0.29) is 28.6 Å². The molecule has 1 aromatic heterocycles. The van der Waals surface area contributed by atoms with Crippen molar-refractivity contribution in [3.8, 4) is 11.9 Å². The normalized spacial score (nSPS) is 28.5. The highest BCUT2D eigenvalue weighted by atomic mass is 16.5. The predicted molar refractivity (Wildman–Crippen MR) is 94.3 cm³/mol. The summed E-state index contributed by atoms with van der Waals surface area (Å²) >= 11 is 0. The molecule has 0 radical (unpaired) electrons. The van der Waals surface area contributed by atoms with E-state index in [1.807, 2.05) is 13.0 Å². The Hall–Kier alpha value is -2.22. The Balaban J connectivity index is 2.30. The first kappa shape index (κ1) is 17.6. The SMILES string of the molecule is COc1nc(C(C)(C)C)nc2c1CC[C@H]1[C@H](C)C(=O)C(C#N)=C[C@]21C. The van der Waals surface area contributed by atoms with Gasteiger partial charge >= 0.3 is 0 Å². The lowest BCUT2D eigenvalue weighted by Gasteiger charge is -2.45. The number of nitriles is 1. The van der Waals surface area contributed by atoms with Crippen molar-refractivity contribution in [2.24, 2.45) is 11.8 Å². The van der Waals surface area contributed by atoms with Gasteiger partial charge in [-0.05, 0) is 18.8 Å². The number of methoxy groups -OCH3 is 1. The third kappa shape index (κ3) is 2.55. The third-order valence-electron chi connectivity index (χ3n) is 5.67. The van der Waals surface area contributed by atoms with Crippen molar-refractivity contribution in [2.45, 2.75) is 58.3 Å². The molecular weight excluding hydrogens is 314 g/mol. The van der Waals surface area contributed by atoms with Crippen LogP contribution < -0.4 is 4.74 Å². The maximum absolute atomic E-state index is 12.5. The molecule has 0 amide bonds. The van der Waals surface area contributed by atoms with Crippen LogP contribution in [0.5, 0.6) is 5.88 Å². The zero-order valence-corrected chi connectivity index (χ0v) is 15.8. The van der Waals surface area contributed by atoms with Gasteiger partial charge in [0.15, 0.2) is 5.78 Å². The van der Waals surface area contributed by atoms with Gasteiger partial charge in [-0.1, -0.05) is 40.7 Å². The minimum atomic E-state index is -0.456. The summed E-state index contributed by atoms with van der Waals surface area (Å²) < 4.78 is 5.57. The summed E-state index contributed by atoms with van der Waals surface area (Å²) in [5.74, 6) is 1.24. The van der Waals surface area contributed by atoms with Gasteiger partial charge < -0.3 is 4.74 Å². The number of hydrogen-bond donors (Lipinski definition) is 0. The second kappa shape index (κ2) is 5.66. The number of ketones is 1. The highest BCUT2D eigenvalue weighted by Crippen LogP contribution is 2.50. The molecular formula is C20H25N3O2. The summed E-state index contributed by atoms with van der Waals surface area (Å²) in [5.41, 5.74) is 1.48. The van der Waals surface area contributed by atoms with E-state index in [0.717, 1.165) is 29.9 Å². The minimum Gasteiger partial charge on any atom is -0.481 e. The molecule has 0 aromatic carbocycles. The molecule has 5 heteroatoms. The summed E-state index contributed by atoms with van der Waals surface area (Å²) in [6.45, 7) is 10.2. The number of ether oxygens (including phenoxy) is 1. The number of fused-ring (bicyclic) bond motifs is 3. The first-order valence-electron chi connectivity index (χ1n) is 8.76. The zero-order chi connectivity index (χ0) is 18.6. The maximum atomic E-state index is 12.5. The molecule has 0 saturated heterocycles. The lowest BCUT2D eigenvalue weighted by molar-refractivity contribution is -0.121. The molecule has 2 aliphatic carbocycles. The standard InChI is InChI=1S/C20H25N3O2/c1-11-14-8-7-13-16(20(14,5)9-12(10-21)15(11)24)22-18(19(2,3)4)23-17(13)25-6/h9,11,14H,7-8H2,1-6H3/t11-,14-,20-/m0/s1. The Labute approximate surface area is 149 Å². The molecule has 5 nitrogen and oxygen atoms in total. The molecule has 3 atom stereocenters. The Kier molecular flexibility index (Phi) is 3.98. The second-order valence-corrected chi connectivity index (χ2v) is 8.38. The van der Waals surface area contributed by atoms with Gasteiger partial charge in [0.25, 0.3) is 0 Å². The second-order valence-electron chi connectivity index (χ2n) is 8.38. The quantitative estimate of drug-likeness (QED) is 0.785. The van der Waals surface area contributed by atoms with Gasteiger partial charge in [0.05, 0.1) is 18.4 Å². The Morgan fingerprint density at radius 2 is 2.04 bits per heavy atom. The lowest BCUT2D eigenvalue weighted by Crippen LogP contribution is -2.46. The van der Waals surface area contributed by atoms with Crippen LogP contribution in [-0.4, -0.2) is 22.9 Å². The van der Waals surface area contributed by atoms with Crippen LogP contribution in [0.15, 0.2) is 11.6 Å². The highest BCUT2D eigenvalue weighted by molar-refractivity contribution is 6.02. The van der Waals surface area contributed by atoms with E-state index in [1.54, 1.807) is 7.11 Å². The van der Waals surface area contributed by atoms with E-state index in [2.05, 4.69) is 38.7 Å². The first-order chi connectivity index (χ1) is 11.6. The van der Waals surface area contributed by atoms with Crippen molar-refractivity contribution in [1.82, 2.24) is 9.97 Å². The van der Waals surface area contributed by atoms with Gasteiger partial charge in [-0.15, -0.1) is 0 Å². The smallest absolute Gasteiger partial charge is 0.219 e. The van der Waals surface area contributed by atoms with Crippen molar-refractivity contribution in [3.05, 3.63) is 28.7 Å². The van der Waals surface area contributed by atoms with E-state index in [0.29, 0.717) is 5.88 Å². The number of Topliss-reactive ketones (excluding diaryl/α,β-unsaturated/α-hetero) is 1. The molecule has 2 aliphatic rings. The van der Waals surface area contributed by atoms with Crippen LogP contribution in [0.2, 0.25) is 0 Å². The molecule has 0 spiro atoms. The van der Waals surface area contributed by atoms with E-state index in [4.69, 9.17) is 9.72 Å². The van der Waals surface area contributed by atoms with Crippen LogP contribution in [0.25, 0.3) is 0 Å². The lowest BCUT2D eigenvalue weighted by atomic mass is 9.58. The van der Waals surface area contributed by atoms with Crippen LogP contribution in [-0.2, 0) is 22.0 Å². The number of hydrogen-bond acceptors (Lipinski definition) is 5. The molecule has 0 bridgehead atoms. The molecule has 3 rings (SSSR count). The van der Waals surface area contributed by atoms with Crippen molar-refractivity contribution in [2.75, 3.05) is 7.11 Å². The maximum Gasteiger partial charge on any atom is 0.219 e. The van der Waals surface area contributed by atoms with Gasteiger partial charge in [0, 0.05) is 22.3 Å². The largest absolute Gasteiger partial charge is 0.481 e. The fourth-order valence-electron chi connectivity index (χ4n) is 4.24. The molecule has 0 fully saturated rings. The first-order valence-corrected chi connectivity index (χ1v) is 8.76. The molecule has 0 saturated carbocycles. The van der Waals surface area contributed by atoms with Crippen LogP contribution in [0.4, 0.5) is 0 Å². The Morgan fingerprint density at radius 3 is 2.60 bits per heavy atom. The number of rotatable bonds is 1. The van der Waals surface area contributed by atoms with Gasteiger partial charge in [0.2, 0.25) is 5.88 Å². The summed E-state index contributed by atoms with van der Waals surface area (Å²) in [6, 6.07) is 2.08. The highest BCUT2D eigenvalue weighted by Gasteiger charge is 2.50. The van der Waals surface area contributed by atoms with Crippen molar-refractivity contribution >= 4 is 5.78 Å². The van der Waals surface area contributed by atoms with Gasteiger partial charge in [-0.2, -0.15) is 10.2 Å². The van der Waals surface area contributed by atoms with Crippen LogP contribution in [0.3, 0.4) is 0 Å². The average Bonchev–Trinajstić information content (AvgIpc) is 2.56. The topological polar surface area (TPSA) is 75.9 Å². The molecule has 1 aromatic rings. The molecule has 0 aliphatic heterocycles. The summed E-state index contributed by atoms with van der Waals surface area (Å²) in [6.07, 6.45) is 3.48. The van der Waals surface area contributed by atoms with E-state index < -0.39 is 5.41 Å².